The molecular weight excluding hydrogens is 532 g/mol. The number of Topliss-reactive ketones (excluding diaryl/α,β-unsaturated/α-hetero) is 1. The van der Waals surface area contributed by atoms with Crippen LogP contribution < -0.4 is 10.6 Å². The van der Waals surface area contributed by atoms with Crippen LogP contribution in [0.15, 0.2) is 60.7 Å². The van der Waals surface area contributed by atoms with Crippen LogP contribution in [0.2, 0.25) is 0 Å². The number of carbonyl (C=O) groups excluding carboxylic acids is 5. The van der Waals surface area contributed by atoms with Crippen LogP contribution in [0.4, 0.5) is 0 Å². The van der Waals surface area contributed by atoms with Gasteiger partial charge in [0.05, 0.1) is 7.11 Å². The number of hydrogen-bond donors (Lipinski definition) is 2. The molecule has 2 aromatic carbocycles. The fourth-order valence-electron chi connectivity index (χ4n) is 3.64. The van der Waals surface area contributed by atoms with E-state index in [1.165, 1.54) is 7.11 Å². The number of hydrogen-bond acceptors (Lipinski definition) is 9. The molecular formula is C30H38N2O9. The van der Waals surface area contributed by atoms with Crippen molar-refractivity contribution in [2.75, 3.05) is 40.1 Å². The number of rotatable bonds is 20. The second-order valence-corrected chi connectivity index (χ2v) is 9.15. The van der Waals surface area contributed by atoms with Gasteiger partial charge >= 0.3 is 11.9 Å². The third-order valence-corrected chi connectivity index (χ3v) is 5.79. The van der Waals surface area contributed by atoms with E-state index < -0.39 is 29.8 Å². The smallest absolute Gasteiger partial charge is 0.332 e. The van der Waals surface area contributed by atoms with Crippen molar-refractivity contribution in [2.45, 2.75) is 44.8 Å². The SMILES string of the molecule is COC(=O)[C@H](CCCCNC(=O)COCC(=O)OCc1ccccc1)NC(=O)COCC(=O)CCc1ccccc1. The molecule has 0 aliphatic carbocycles. The van der Waals surface area contributed by atoms with Crippen molar-refractivity contribution in [3.05, 3.63) is 71.8 Å². The maximum Gasteiger partial charge on any atom is 0.332 e. The zero-order valence-electron chi connectivity index (χ0n) is 23.3. The number of amides is 2. The molecule has 222 valence electrons. The van der Waals surface area contributed by atoms with Gasteiger partial charge in [-0.2, -0.15) is 0 Å². The number of aryl methyl sites for hydroxylation is 1. The average Bonchev–Trinajstić information content (AvgIpc) is 2.99. The number of nitrogens with one attached hydrogen (secondary N) is 2. The number of ketones is 1. The lowest BCUT2D eigenvalue weighted by molar-refractivity contribution is -0.151. The molecule has 11 heteroatoms. The summed E-state index contributed by atoms with van der Waals surface area (Å²) in [5, 5.41) is 5.22. The van der Waals surface area contributed by atoms with Gasteiger partial charge in [-0.3, -0.25) is 14.4 Å². The quantitative estimate of drug-likeness (QED) is 0.180. The van der Waals surface area contributed by atoms with Crippen LogP contribution in [-0.2, 0) is 55.9 Å². The molecule has 0 unspecified atom stereocenters. The van der Waals surface area contributed by atoms with E-state index in [0.717, 1.165) is 11.1 Å². The van der Waals surface area contributed by atoms with Gasteiger partial charge in [0.2, 0.25) is 11.8 Å². The highest BCUT2D eigenvalue weighted by Crippen LogP contribution is 2.05. The maximum atomic E-state index is 12.2. The van der Waals surface area contributed by atoms with Gasteiger partial charge in [0, 0.05) is 13.0 Å². The van der Waals surface area contributed by atoms with Gasteiger partial charge in [0.1, 0.15) is 39.1 Å². The predicted molar refractivity (Wildman–Crippen MR) is 148 cm³/mol. The topological polar surface area (TPSA) is 146 Å². The van der Waals surface area contributed by atoms with Crippen LogP contribution in [0.5, 0.6) is 0 Å². The molecule has 0 spiro atoms. The van der Waals surface area contributed by atoms with Crippen molar-refractivity contribution in [3.8, 4) is 0 Å². The normalized spacial score (nSPS) is 11.2. The molecule has 1 atom stereocenters. The molecule has 11 nitrogen and oxygen atoms in total. The summed E-state index contributed by atoms with van der Waals surface area (Å²) in [6, 6.07) is 17.9. The number of carbonyl (C=O) groups is 5. The van der Waals surface area contributed by atoms with Crippen molar-refractivity contribution in [1.82, 2.24) is 10.6 Å². The Morgan fingerprint density at radius 2 is 1.39 bits per heavy atom. The van der Waals surface area contributed by atoms with Crippen LogP contribution in [0.25, 0.3) is 0 Å². The van der Waals surface area contributed by atoms with E-state index in [1.807, 2.05) is 60.7 Å². The number of benzene rings is 2. The standard InChI is InChI=1S/C30H38N2O9/c1-38-30(37)26(32-28(35)21-39-19-25(33)16-15-23-10-4-2-5-11-23)14-8-9-17-31-27(34)20-40-22-29(36)41-18-24-12-6-3-7-13-24/h2-7,10-13,26H,8-9,14-22H2,1H3,(H,31,34)(H,32,35)/t26-/m0/s1. The summed E-state index contributed by atoms with van der Waals surface area (Å²) in [4.78, 5) is 59.9. The van der Waals surface area contributed by atoms with Crippen LogP contribution >= 0.6 is 0 Å². The van der Waals surface area contributed by atoms with Gasteiger partial charge in [0.25, 0.3) is 0 Å². The van der Waals surface area contributed by atoms with Gasteiger partial charge in [-0.15, -0.1) is 0 Å². The number of methoxy groups -OCH3 is 1. The number of unbranched alkanes of at least 4 members (excludes halogenated alkanes) is 1. The third-order valence-electron chi connectivity index (χ3n) is 5.79. The molecule has 2 aromatic rings. The van der Waals surface area contributed by atoms with E-state index in [2.05, 4.69) is 10.6 Å². The molecule has 0 radical (unpaired) electrons. The molecule has 0 bridgehead atoms. The summed E-state index contributed by atoms with van der Waals surface area (Å²) < 4.78 is 20.1. The van der Waals surface area contributed by atoms with Crippen molar-refractivity contribution in [1.29, 1.82) is 0 Å². The van der Waals surface area contributed by atoms with Crippen LogP contribution in [0.3, 0.4) is 0 Å². The molecule has 0 heterocycles. The Morgan fingerprint density at radius 1 is 0.756 bits per heavy atom. The first-order chi connectivity index (χ1) is 19.9. The van der Waals surface area contributed by atoms with Gasteiger partial charge in [-0.05, 0) is 36.8 Å². The first kappa shape index (κ1) is 33.1. The minimum Gasteiger partial charge on any atom is -0.467 e. The molecule has 0 aliphatic heterocycles. The zero-order chi connectivity index (χ0) is 29.7. The Hall–Kier alpha value is -4.09. The molecule has 2 amide bonds. The molecule has 0 saturated heterocycles. The van der Waals surface area contributed by atoms with Gasteiger partial charge < -0.3 is 29.6 Å². The Bertz CT molecular complexity index is 1090. The molecule has 0 aromatic heterocycles. The first-order valence-corrected chi connectivity index (χ1v) is 13.4. The highest BCUT2D eigenvalue weighted by atomic mass is 16.6. The minimum atomic E-state index is -0.884. The van der Waals surface area contributed by atoms with E-state index in [-0.39, 0.29) is 45.2 Å². The third kappa shape index (κ3) is 15.3. The van der Waals surface area contributed by atoms with Crippen molar-refractivity contribution >= 4 is 29.5 Å². The average molecular weight is 571 g/mol. The van der Waals surface area contributed by atoms with Gasteiger partial charge in [0.15, 0.2) is 5.78 Å². The molecule has 41 heavy (non-hydrogen) atoms. The minimum absolute atomic E-state index is 0.124. The first-order valence-electron chi connectivity index (χ1n) is 13.4. The summed E-state index contributed by atoms with van der Waals surface area (Å²) in [6.07, 6.45) is 2.22. The summed E-state index contributed by atoms with van der Waals surface area (Å²) in [5.74, 6) is -2.23. The zero-order valence-corrected chi connectivity index (χ0v) is 23.3. The molecule has 0 fully saturated rings. The molecule has 0 aliphatic rings. The highest BCUT2D eigenvalue weighted by Gasteiger charge is 2.21. The van der Waals surface area contributed by atoms with E-state index in [4.69, 9.17) is 18.9 Å². The molecule has 0 saturated carbocycles. The van der Waals surface area contributed by atoms with Crippen LogP contribution in [0.1, 0.15) is 36.8 Å². The van der Waals surface area contributed by atoms with Crippen LogP contribution in [-0.4, -0.2) is 75.7 Å². The maximum absolute atomic E-state index is 12.2. The van der Waals surface area contributed by atoms with E-state index in [0.29, 0.717) is 32.2 Å². The Balaban J connectivity index is 1.54. The summed E-state index contributed by atoms with van der Waals surface area (Å²) in [7, 11) is 1.22. The lowest BCUT2D eigenvalue weighted by Crippen LogP contribution is -2.43. The second kappa shape index (κ2) is 19.9. The largest absolute Gasteiger partial charge is 0.467 e. The highest BCUT2D eigenvalue weighted by molar-refractivity contribution is 5.85. The fourth-order valence-corrected chi connectivity index (χ4v) is 3.64. The van der Waals surface area contributed by atoms with E-state index in [9.17, 15) is 24.0 Å². The summed E-state index contributed by atoms with van der Waals surface area (Å²) >= 11 is 0. The second-order valence-electron chi connectivity index (χ2n) is 9.15. The van der Waals surface area contributed by atoms with Crippen molar-refractivity contribution in [2.24, 2.45) is 0 Å². The Labute approximate surface area is 239 Å². The lowest BCUT2D eigenvalue weighted by atomic mass is 10.1. The van der Waals surface area contributed by atoms with Crippen molar-refractivity contribution in [3.63, 3.8) is 0 Å². The molecule has 2 rings (SSSR count). The summed E-state index contributed by atoms with van der Waals surface area (Å²) in [6.45, 7) is -0.745. The lowest BCUT2D eigenvalue weighted by Gasteiger charge is -2.16. The monoisotopic (exact) mass is 570 g/mol. The van der Waals surface area contributed by atoms with Crippen LogP contribution in [0, 0.1) is 0 Å². The number of ether oxygens (including phenoxy) is 4. The van der Waals surface area contributed by atoms with Gasteiger partial charge in [-0.1, -0.05) is 60.7 Å². The predicted octanol–water partition coefficient (Wildman–Crippen LogP) is 1.91. The van der Waals surface area contributed by atoms with E-state index in [1.54, 1.807) is 0 Å². The Morgan fingerprint density at radius 3 is 2.07 bits per heavy atom. The van der Waals surface area contributed by atoms with Crippen molar-refractivity contribution < 1.29 is 42.9 Å². The fraction of sp³-hybridized carbons (Fsp3) is 0.433. The molecule has 2 N–H and O–H groups in total. The van der Waals surface area contributed by atoms with E-state index >= 15 is 0 Å². The Kier molecular flexibility index (Phi) is 16.1. The summed E-state index contributed by atoms with van der Waals surface area (Å²) in [5.41, 5.74) is 1.90. The number of esters is 2. The van der Waals surface area contributed by atoms with Gasteiger partial charge in [-0.25, -0.2) is 9.59 Å².